The van der Waals surface area contributed by atoms with Crippen LogP contribution in [0, 0.1) is 0 Å². The molecule has 1 atom stereocenters. The third kappa shape index (κ3) is 3.37. The second-order valence-corrected chi connectivity index (χ2v) is 8.27. The highest BCUT2D eigenvalue weighted by molar-refractivity contribution is 5.88. The molecule has 0 N–H and O–H groups in total. The van der Waals surface area contributed by atoms with Crippen molar-refractivity contribution in [2.24, 2.45) is 4.99 Å². The Labute approximate surface area is 162 Å². The van der Waals surface area contributed by atoms with Crippen LogP contribution in [0.15, 0.2) is 65.7 Å². The second-order valence-electron chi connectivity index (χ2n) is 8.27. The van der Waals surface area contributed by atoms with Crippen molar-refractivity contribution in [1.82, 2.24) is 0 Å². The zero-order valence-corrected chi connectivity index (χ0v) is 16.7. The maximum atomic E-state index is 4.73. The summed E-state index contributed by atoms with van der Waals surface area (Å²) < 4.78 is 0. The molecule has 1 unspecified atom stereocenters. The molecule has 1 aliphatic rings. The van der Waals surface area contributed by atoms with Crippen molar-refractivity contribution in [2.45, 2.75) is 45.6 Å². The molecule has 2 heteroatoms. The molecule has 1 aliphatic heterocycles. The normalized spacial score (nSPS) is 18.8. The van der Waals surface area contributed by atoms with Gasteiger partial charge >= 0.3 is 0 Å². The fraction of sp³-hybridized carbons (Fsp3) is 0.320. The van der Waals surface area contributed by atoms with Crippen LogP contribution in [0.25, 0.3) is 10.8 Å². The molecule has 4 rings (SSSR count). The number of benzene rings is 3. The first-order valence-corrected chi connectivity index (χ1v) is 9.92. The van der Waals surface area contributed by atoms with E-state index in [9.17, 15) is 0 Å². The van der Waals surface area contributed by atoms with E-state index in [0.717, 1.165) is 12.2 Å². The monoisotopic (exact) mass is 356 g/mol. The van der Waals surface area contributed by atoms with Gasteiger partial charge in [0.25, 0.3) is 0 Å². The average Bonchev–Trinajstić information content (AvgIpc) is 2.66. The van der Waals surface area contributed by atoms with Crippen LogP contribution in [-0.2, 0) is 0 Å². The lowest BCUT2D eigenvalue weighted by Gasteiger charge is -2.47. The van der Waals surface area contributed by atoms with Gasteiger partial charge in [-0.15, -0.1) is 0 Å². The molecule has 0 radical (unpaired) electrons. The first-order valence-electron chi connectivity index (χ1n) is 9.92. The third-order valence-electron chi connectivity index (χ3n) is 5.82. The van der Waals surface area contributed by atoms with E-state index in [1.54, 1.807) is 0 Å². The Morgan fingerprint density at radius 1 is 1.04 bits per heavy atom. The summed E-state index contributed by atoms with van der Waals surface area (Å²) in [6.07, 6.45) is 3.17. The van der Waals surface area contributed by atoms with Gasteiger partial charge in [-0.1, -0.05) is 43.3 Å². The van der Waals surface area contributed by atoms with Gasteiger partial charge in [-0.2, -0.15) is 0 Å². The van der Waals surface area contributed by atoms with Crippen molar-refractivity contribution < 1.29 is 0 Å². The maximum Gasteiger partial charge on any atom is 0.0636 e. The van der Waals surface area contributed by atoms with Crippen LogP contribution in [0.1, 0.15) is 51.2 Å². The first-order chi connectivity index (χ1) is 13.0. The van der Waals surface area contributed by atoms with Gasteiger partial charge in [0.05, 0.1) is 5.69 Å². The summed E-state index contributed by atoms with van der Waals surface area (Å²) in [7, 11) is 0. The second kappa shape index (κ2) is 6.84. The lowest BCUT2D eigenvalue weighted by molar-refractivity contribution is 0.381. The summed E-state index contributed by atoms with van der Waals surface area (Å²) >= 11 is 0. The first kappa shape index (κ1) is 17.8. The van der Waals surface area contributed by atoms with Gasteiger partial charge in [-0.3, -0.25) is 4.99 Å². The minimum absolute atomic E-state index is 0.210. The Morgan fingerprint density at radius 3 is 2.59 bits per heavy atom. The molecule has 0 fully saturated rings. The predicted molar refractivity (Wildman–Crippen MR) is 118 cm³/mol. The summed E-state index contributed by atoms with van der Waals surface area (Å²) in [6.45, 7) is 10.3. The summed E-state index contributed by atoms with van der Waals surface area (Å²) in [6, 6.07) is 21.6. The molecule has 0 aromatic heterocycles. The van der Waals surface area contributed by atoms with Gasteiger partial charge in [0, 0.05) is 24.0 Å². The average molecular weight is 357 g/mol. The molecule has 0 bridgehead atoms. The summed E-state index contributed by atoms with van der Waals surface area (Å²) in [5.74, 6) is 0.562. The summed E-state index contributed by atoms with van der Waals surface area (Å²) in [5.41, 5.74) is 5.20. The standard InChI is InChI=1S/C25H28N2/c1-5-27-24-13-10-19(14-23(24)18(2)16-25(27,3)4)17-26-22-12-11-20-8-6-7-9-21(20)15-22/h6-15,17-18H,5,16H2,1-4H3. The largest absolute Gasteiger partial charge is 0.366 e. The van der Waals surface area contributed by atoms with Gasteiger partial charge in [-0.05, 0) is 79.3 Å². The molecule has 3 aromatic carbocycles. The van der Waals surface area contributed by atoms with Crippen molar-refractivity contribution in [3.63, 3.8) is 0 Å². The Balaban J connectivity index is 1.65. The van der Waals surface area contributed by atoms with Crippen molar-refractivity contribution in [1.29, 1.82) is 0 Å². The number of fused-ring (bicyclic) bond motifs is 2. The molecule has 0 aliphatic carbocycles. The van der Waals surface area contributed by atoms with E-state index in [0.29, 0.717) is 5.92 Å². The summed E-state index contributed by atoms with van der Waals surface area (Å²) in [4.78, 5) is 7.26. The van der Waals surface area contributed by atoms with Crippen LogP contribution in [0.3, 0.4) is 0 Å². The van der Waals surface area contributed by atoms with E-state index in [1.807, 2.05) is 6.21 Å². The molecule has 3 aromatic rings. The number of rotatable bonds is 3. The third-order valence-corrected chi connectivity index (χ3v) is 5.82. The highest BCUT2D eigenvalue weighted by Crippen LogP contribution is 2.43. The lowest BCUT2D eigenvalue weighted by Crippen LogP contribution is -2.48. The molecular formula is C25H28N2. The number of aliphatic imine (C=N–C) groups is 1. The van der Waals surface area contributed by atoms with Gasteiger partial charge in [0.15, 0.2) is 0 Å². The smallest absolute Gasteiger partial charge is 0.0636 e. The van der Waals surface area contributed by atoms with Crippen molar-refractivity contribution in [3.05, 3.63) is 71.8 Å². The minimum atomic E-state index is 0.210. The minimum Gasteiger partial charge on any atom is -0.366 e. The quantitative estimate of drug-likeness (QED) is 0.477. The van der Waals surface area contributed by atoms with Crippen molar-refractivity contribution in [2.75, 3.05) is 11.4 Å². The molecule has 0 spiro atoms. The van der Waals surface area contributed by atoms with E-state index in [-0.39, 0.29) is 5.54 Å². The van der Waals surface area contributed by atoms with Crippen LogP contribution in [0.2, 0.25) is 0 Å². The highest BCUT2D eigenvalue weighted by Gasteiger charge is 2.35. The lowest BCUT2D eigenvalue weighted by atomic mass is 9.79. The molecule has 138 valence electrons. The predicted octanol–water partition coefficient (Wildman–Crippen LogP) is 6.70. The van der Waals surface area contributed by atoms with Crippen LogP contribution < -0.4 is 4.90 Å². The number of hydrogen-bond donors (Lipinski definition) is 0. The number of nitrogens with zero attached hydrogens (tertiary/aromatic N) is 2. The van der Waals surface area contributed by atoms with E-state index < -0.39 is 0 Å². The zero-order valence-electron chi connectivity index (χ0n) is 16.7. The van der Waals surface area contributed by atoms with Crippen LogP contribution in [0.5, 0.6) is 0 Å². The molecule has 0 amide bonds. The zero-order chi connectivity index (χ0) is 19.0. The maximum absolute atomic E-state index is 4.73. The molecule has 27 heavy (non-hydrogen) atoms. The van der Waals surface area contributed by atoms with Crippen molar-refractivity contribution in [3.8, 4) is 0 Å². The van der Waals surface area contributed by atoms with Crippen LogP contribution in [-0.4, -0.2) is 18.3 Å². The number of hydrogen-bond acceptors (Lipinski definition) is 2. The van der Waals surface area contributed by atoms with E-state index in [1.165, 1.54) is 34.0 Å². The van der Waals surface area contributed by atoms with E-state index in [4.69, 9.17) is 4.99 Å². The Kier molecular flexibility index (Phi) is 4.51. The van der Waals surface area contributed by atoms with Gasteiger partial charge < -0.3 is 4.90 Å². The van der Waals surface area contributed by atoms with Crippen LogP contribution in [0.4, 0.5) is 11.4 Å². The summed E-state index contributed by atoms with van der Waals surface area (Å²) in [5, 5.41) is 2.48. The van der Waals surface area contributed by atoms with Gasteiger partial charge in [0.2, 0.25) is 0 Å². The van der Waals surface area contributed by atoms with E-state index in [2.05, 4.69) is 93.3 Å². The van der Waals surface area contributed by atoms with Crippen LogP contribution >= 0.6 is 0 Å². The van der Waals surface area contributed by atoms with Gasteiger partial charge in [0.1, 0.15) is 0 Å². The highest BCUT2D eigenvalue weighted by atomic mass is 15.2. The topological polar surface area (TPSA) is 15.6 Å². The van der Waals surface area contributed by atoms with Gasteiger partial charge in [-0.25, -0.2) is 0 Å². The molecule has 1 heterocycles. The Bertz CT molecular complexity index is 1000. The fourth-order valence-corrected chi connectivity index (χ4v) is 4.59. The van der Waals surface area contributed by atoms with E-state index >= 15 is 0 Å². The van der Waals surface area contributed by atoms with Crippen molar-refractivity contribution >= 4 is 28.4 Å². The molecular weight excluding hydrogens is 328 g/mol. The molecule has 0 saturated carbocycles. The number of anilines is 1. The fourth-order valence-electron chi connectivity index (χ4n) is 4.59. The molecule has 2 nitrogen and oxygen atoms in total. The Hall–Kier alpha value is -2.61. The Morgan fingerprint density at radius 2 is 1.81 bits per heavy atom. The molecule has 0 saturated heterocycles. The SMILES string of the molecule is CCN1c2ccc(C=Nc3ccc4ccccc4c3)cc2C(C)CC1(C)C.